The molecule has 11 heavy (non-hydrogen) atoms. The van der Waals surface area contributed by atoms with E-state index in [2.05, 4.69) is 5.32 Å². The standard InChI is InChI=1S/C9H15NO/c1-4-5-6-7-9(11)10-8(2)3/h4-8H,1-3H3,(H,10,11)/b5-4+,7-6+. The lowest BCUT2D eigenvalue weighted by atomic mass is 10.3. The first-order valence-electron chi connectivity index (χ1n) is 3.76. The summed E-state index contributed by atoms with van der Waals surface area (Å²) in [5, 5.41) is 2.74. The van der Waals surface area contributed by atoms with Crippen LogP contribution in [0.3, 0.4) is 0 Å². The first-order chi connectivity index (χ1) is 5.16. The summed E-state index contributed by atoms with van der Waals surface area (Å²) in [6.07, 6.45) is 6.93. The zero-order valence-electron chi connectivity index (χ0n) is 7.29. The molecule has 0 heterocycles. The van der Waals surface area contributed by atoms with Gasteiger partial charge in [-0.25, -0.2) is 0 Å². The molecule has 0 aromatic rings. The third kappa shape index (κ3) is 6.84. The number of rotatable bonds is 3. The molecule has 1 amide bonds. The van der Waals surface area contributed by atoms with Crippen LogP contribution in [0.5, 0.6) is 0 Å². The molecule has 0 aliphatic carbocycles. The van der Waals surface area contributed by atoms with Crippen LogP contribution in [0.15, 0.2) is 24.3 Å². The van der Waals surface area contributed by atoms with Gasteiger partial charge in [-0.15, -0.1) is 0 Å². The Balaban J connectivity index is 3.69. The van der Waals surface area contributed by atoms with Gasteiger partial charge in [0.15, 0.2) is 0 Å². The maximum absolute atomic E-state index is 10.9. The normalized spacial score (nSPS) is 11.6. The summed E-state index contributed by atoms with van der Waals surface area (Å²) in [6, 6.07) is 0.206. The minimum absolute atomic E-state index is 0.0434. The number of hydrogen-bond acceptors (Lipinski definition) is 1. The van der Waals surface area contributed by atoms with Crippen LogP contribution in [-0.4, -0.2) is 11.9 Å². The molecule has 62 valence electrons. The molecule has 0 atom stereocenters. The van der Waals surface area contributed by atoms with Crippen LogP contribution in [0, 0.1) is 0 Å². The summed E-state index contributed by atoms with van der Waals surface area (Å²) < 4.78 is 0. The molecule has 1 N–H and O–H groups in total. The van der Waals surface area contributed by atoms with Crippen molar-refractivity contribution in [3.05, 3.63) is 24.3 Å². The number of carbonyl (C=O) groups is 1. The first-order valence-corrected chi connectivity index (χ1v) is 3.76. The monoisotopic (exact) mass is 153 g/mol. The van der Waals surface area contributed by atoms with Gasteiger partial charge in [-0.05, 0) is 20.8 Å². The molecule has 0 unspecified atom stereocenters. The number of allylic oxidation sites excluding steroid dienone is 3. The van der Waals surface area contributed by atoms with Crippen LogP contribution in [0.4, 0.5) is 0 Å². The molecule has 0 aliphatic rings. The molecular formula is C9H15NO. The van der Waals surface area contributed by atoms with E-state index >= 15 is 0 Å². The SMILES string of the molecule is C/C=C/C=C/C(=O)NC(C)C. The van der Waals surface area contributed by atoms with E-state index in [1.807, 2.05) is 32.9 Å². The summed E-state index contributed by atoms with van der Waals surface area (Å²) in [4.78, 5) is 10.9. The second-order valence-electron chi connectivity index (χ2n) is 2.55. The van der Waals surface area contributed by atoms with Crippen LogP contribution in [0.2, 0.25) is 0 Å². The summed E-state index contributed by atoms with van der Waals surface area (Å²) in [5.74, 6) is -0.0434. The predicted molar refractivity (Wildman–Crippen MR) is 47.2 cm³/mol. The highest BCUT2D eigenvalue weighted by molar-refractivity contribution is 5.87. The van der Waals surface area contributed by atoms with Gasteiger partial charge >= 0.3 is 0 Å². The van der Waals surface area contributed by atoms with Crippen LogP contribution in [0.25, 0.3) is 0 Å². The van der Waals surface area contributed by atoms with Gasteiger partial charge in [0.05, 0.1) is 0 Å². The third-order valence-electron chi connectivity index (χ3n) is 0.982. The van der Waals surface area contributed by atoms with Crippen LogP contribution < -0.4 is 5.32 Å². The Morgan fingerprint density at radius 3 is 2.45 bits per heavy atom. The fourth-order valence-electron chi connectivity index (χ4n) is 0.587. The molecule has 0 aromatic heterocycles. The Kier molecular flexibility index (Phi) is 5.17. The Morgan fingerprint density at radius 1 is 1.36 bits per heavy atom. The zero-order valence-corrected chi connectivity index (χ0v) is 7.29. The molecule has 2 heteroatoms. The Hall–Kier alpha value is -1.05. The Bertz CT molecular complexity index is 168. The molecular weight excluding hydrogens is 138 g/mol. The molecule has 0 fully saturated rings. The van der Waals surface area contributed by atoms with Crippen molar-refractivity contribution < 1.29 is 4.79 Å². The highest BCUT2D eigenvalue weighted by atomic mass is 16.1. The molecule has 0 aliphatic heterocycles. The lowest BCUT2D eigenvalue weighted by molar-refractivity contribution is -0.116. The Labute approximate surface area is 68.0 Å². The van der Waals surface area contributed by atoms with Gasteiger partial charge in [0.1, 0.15) is 0 Å². The maximum atomic E-state index is 10.9. The predicted octanol–water partition coefficient (Wildman–Crippen LogP) is 1.64. The van der Waals surface area contributed by atoms with Gasteiger partial charge in [0.25, 0.3) is 0 Å². The van der Waals surface area contributed by atoms with Crippen molar-refractivity contribution in [1.29, 1.82) is 0 Å². The van der Waals surface area contributed by atoms with Crippen molar-refractivity contribution >= 4 is 5.91 Å². The number of amides is 1. The second kappa shape index (κ2) is 5.71. The molecule has 0 aromatic carbocycles. The van der Waals surface area contributed by atoms with Crippen LogP contribution >= 0.6 is 0 Å². The van der Waals surface area contributed by atoms with Crippen molar-refractivity contribution in [1.82, 2.24) is 5.32 Å². The van der Waals surface area contributed by atoms with E-state index in [-0.39, 0.29) is 11.9 Å². The van der Waals surface area contributed by atoms with Gasteiger partial charge in [0, 0.05) is 12.1 Å². The molecule has 0 radical (unpaired) electrons. The van der Waals surface area contributed by atoms with Gasteiger partial charge < -0.3 is 5.32 Å². The summed E-state index contributed by atoms with van der Waals surface area (Å²) in [7, 11) is 0. The second-order valence-corrected chi connectivity index (χ2v) is 2.55. The minimum Gasteiger partial charge on any atom is -0.350 e. The quantitative estimate of drug-likeness (QED) is 0.484. The molecule has 0 rings (SSSR count). The first kappa shape index (κ1) is 9.95. The lowest BCUT2D eigenvalue weighted by Crippen LogP contribution is -2.28. The van der Waals surface area contributed by atoms with E-state index in [4.69, 9.17) is 0 Å². The lowest BCUT2D eigenvalue weighted by Gasteiger charge is -2.03. The molecule has 0 saturated heterocycles. The molecule has 0 spiro atoms. The average Bonchev–Trinajstić information content (AvgIpc) is 1.86. The third-order valence-corrected chi connectivity index (χ3v) is 0.982. The van der Waals surface area contributed by atoms with Crippen molar-refractivity contribution in [3.63, 3.8) is 0 Å². The van der Waals surface area contributed by atoms with E-state index in [1.54, 1.807) is 6.08 Å². The zero-order chi connectivity index (χ0) is 8.69. The molecule has 0 bridgehead atoms. The summed E-state index contributed by atoms with van der Waals surface area (Å²) >= 11 is 0. The number of hydrogen-bond donors (Lipinski definition) is 1. The smallest absolute Gasteiger partial charge is 0.244 e. The maximum Gasteiger partial charge on any atom is 0.244 e. The Morgan fingerprint density at radius 2 is 2.00 bits per heavy atom. The van der Waals surface area contributed by atoms with Crippen LogP contribution in [-0.2, 0) is 4.79 Å². The summed E-state index contributed by atoms with van der Waals surface area (Å²) in [6.45, 7) is 5.77. The van der Waals surface area contributed by atoms with E-state index in [9.17, 15) is 4.79 Å². The van der Waals surface area contributed by atoms with E-state index in [1.165, 1.54) is 6.08 Å². The minimum atomic E-state index is -0.0434. The van der Waals surface area contributed by atoms with Gasteiger partial charge in [-0.2, -0.15) is 0 Å². The highest BCUT2D eigenvalue weighted by Gasteiger charge is 1.95. The summed E-state index contributed by atoms with van der Waals surface area (Å²) in [5.41, 5.74) is 0. The number of carbonyl (C=O) groups excluding carboxylic acids is 1. The van der Waals surface area contributed by atoms with Crippen LogP contribution in [0.1, 0.15) is 20.8 Å². The van der Waals surface area contributed by atoms with Crippen molar-refractivity contribution in [2.75, 3.05) is 0 Å². The highest BCUT2D eigenvalue weighted by Crippen LogP contribution is 1.80. The van der Waals surface area contributed by atoms with Crippen molar-refractivity contribution in [3.8, 4) is 0 Å². The largest absolute Gasteiger partial charge is 0.350 e. The molecule has 2 nitrogen and oxygen atoms in total. The molecule has 0 saturated carbocycles. The van der Waals surface area contributed by atoms with E-state index in [0.29, 0.717) is 0 Å². The van der Waals surface area contributed by atoms with Crippen molar-refractivity contribution in [2.24, 2.45) is 0 Å². The van der Waals surface area contributed by atoms with Gasteiger partial charge in [0.2, 0.25) is 5.91 Å². The average molecular weight is 153 g/mol. The van der Waals surface area contributed by atoms with Gasteiger partial charge in [-0.1, -0.05) is 18.2 Å². The fraction of sp³-hybridized carbons (Fsp3) is 0.444. The van der Waals surface area contributed by atoms with Crippen molar-refractivity contribution in [2.45, 2.75) is 26.8 Å². The number of nitrogens with one attached hydrogen (secondary N) is 1. The van der Waals surface area contributed by atoms with Gasteiger partial charge in [-0.3, -0.25) is 4.79 Å². The fourth-order valence-corrected chi connectivity index (χ4v) is 0.587. The topological polar surface area (TPSA) is 29.1 Å². The van der Waals surface area contributed by atoms with E-state index < -0.39 is 0 Å². The van der Waals surface area contributed by atoms with E-state index in [0.717, 1.165) is 0 Å².